The number of carboxylic acids is 1. The summed E-state index contributed by atoms with van der Waals surface area (Å²) in [7, 11) is 1.59. The molecule has 1 atom stereocenters. The van der Waals surface area contributed by atoms with Crippen molar-refractivity contribution in [2.24, 2.45) is 0 Å². The number of aliphatic carboxylic acids is 1. The zero-order chi connectivity index (χ0) is 10.7. The van der Waals surface area contributed by atoms with Gasteiger partial charge in [0.05, 0.1) is 0 Å². The second-order valence-electron chi connectivity index (χ2n) is 3.44. The Morgan fingerprint density at radius 3 is 2.64 bits per heavy atom. The first-order chi connectivity index (χ1) is 6.56. The van der Waals surface area contributed by atoms with E-state index in [0.717, 1.165) is 5.69 Å². The van der Waals surface area contributed by atoms with Gasteiger partial charge in [-0.1, -0.05) is 13.8 Å². The fourth-order valence-corrected chi connectivity index (χ4v) is 1.17. The smallest absolute Gasteiger partial charge is 0.328 e. The van der Waals surface area contributed by atoms with Crippen molar-refractivity contribution in [3.05, 3.63) is 17.7 Å². The van der Waals surface area contributed by atoms with Crippen molar-refractivity contribution in [2.45, 2.75) is 25.8 Å². The highest BCUT2D eigenvalue weighted by Gasteiger charge is 2.20. The van der Waals surface area contributed by atoms with Crippen LogP contribution in [0.25, 0.3) is 0 Å². The maximum Gasteiger partial charge on any atom is 0.328 e. The molecule has 0 saturated carbocycles. The monoisotopic (exact) mass is 197 g/mol. The summed E-state index contributed by atoms with van der Waals surface area (Å²) in [4.78, 5) is 17.8. The van der Waals surface area contributed by atoms with Crippen LogP contribution in [0.3, 0.4) is 0 Å². The van der Waals surface area contributed by atoms with Crippen molar-refractivity contribution in [2.75, 3.05) is 7.05 Å². The Labute approximate surface area is 82.6 Å². The van der Waals surface area contributed by atoms with Crippen LogP contribution in [-0.2, 0) is 4.79 Å². The summed E-state index contributed by atoms with van der Waals surface area (Å²) in [6.45, 7) is 4.04. The van der Waals surface area contributed by atoms with Crippen LogP contribution in [0, 0.1) is 0 Å². The Kier molecular flexibility index (Phi) is 3.24. The third-order valence-electron chi connectivity index (χ3n) is 2.05. The van der Waals surface area contributed by atoms with Crippen molar-refractivity contribution >= 4 is 5.97 Å². The summed E-state index contributed by atoms with van der Waals surface area (Å²) in [5.41, 5.74) is 0.946. The lowest BCUT2D eigenvalue weighted by atomic mass is 10.2. The van der Waals surface area contributed by atoms with Crippen molar-refractivity contribution in [1.82, 2.24) is 15.3 Å². The molecule has 0 spiro atoms. The molecule has 1 heterocycles. The van der Waals surface area contributed by atoms with Crippen LogP contribution < -0.4 is 5.32 Å². The van der Waals surface area contributed by atoms with Crippen LogP contribution in [-0.4, -0.2) is 28.1 Å². The van der Waals surface area contributed by atoms with E-state index in [4.69, 9.17) is 5.11 Å². The molecule has 0 amide bonds. The van der Waals surface area contributed by atoms with Gasteiger partial charge in [0.15, 0.2) is 6.04 Å². The molecule has 14 heavy (non-hydrogen) atoms. The van der Waals surface area contributed by atoms with Crippen LogP contribution >= 0.6 is 0 Å². The second-order valence-corrected chi connectivity index (χ2v) is 3.44. The highest BCUT2D eigenvalue weighted by Crippen LogP contribution is 2.14. The van der Waals surface area contributed by atoms with Crippen LogP contribution in [0.5, 0.6) is 0 Å². The first-order valence-corrected chi connectivity index (χ1v) is 4.51. The van der Waals surface area contributed by atoms with Crippen molar-refractivity contribution in [3.8, 4) is 0 Å². The van der Waals surface area contributed by atoms with E-state index >= 15 is 0 Å². The van der Waals surface area contributed by atoms with Crippen LogP contribution in [0.1, 0.15) is 37.3 Å². The number of aromatic amines is 1. The number of aromatic nitrogens is 2. The molecule has 0 saturated heterocycles. The summed E-state index contributed by atoms with van der Waals surface area (Å²) >= 11 is 0. The molecule has 1 rings (SSSR count). The third-order valence-corrected chi connectivity index (χ3v) is 2.05. The average molecular weight is 197 g/mol. The Balaban J connectivity index is 2.89. The molecule has 5 nitrogen and oxygen atoms in total. The van der Waals surface area contributed by atoms with Gasteiger partial charge in [-0.25, -0.2) is 4.98 Å². The number of carboxylic acid groups (broad SMARTS) is 1. The molecule has 1 aromatic heterocycles. The lowest BCUT2D eigenvalue weighted by Gasteiger charge is -2.07. The molecule has 0 bridgehead atoms. The largest absolute Gasteiger partial charge is 0.480 e. The summed E-state index contributed by atoms with van der Waals surface area (Å²) in [5.74, 6) is -0.164. The molecule has 3 N–H and O–H groups in total. The highest BCUT2D eigenvalue weighted by molar-refractivity contribution is 5.74. The summed E-state index contributed by atoms with van der Waals surface area (Å²) in [6, 6.07) is -0.762. The predicted octanol–water partition coefficient (Wildman–Crippen LogP) is 0.878. The molecular formula is C9H15N3O2. The van der Waals surface area contributed by atoms with E-state index < -0.39 is 12.0 Å². The zero-order valence-corrected chi connectivity index (χ0v) is 8.53. The van der Waals surface area contributed by atoms with Gasteiger partial charge in [0, 0.05) is 11.9 Å². The molecule has 0 aliphatic carbocycles. The van der Waals surface area contributed by atoms with Crippen LogP contribution in [0.4, 0.5) is 0 Å². The van der Waals surface area contributed by atoms with E-state index in [1.165, 1.54) is 0 Å². The number of rotatable bonds is 4. The number of imidazole rings is 1. The zero-order valence-electron chi connectivity index (χ0n) is 8.53. The standard InChI is InChI=1S/C9H15N3O2/c1-5(2)6-4-11-8(12-6)7(10-3)9(13)14/h4-5,7,10H,1-3H3,(H,11,12)(H,13,14). The average Bonchev–Trinajstić information content (AvgIpc) is 2.53. The summed E-state index contributed by atoms with van der Waals surface area (Å²) < 4.78 is 0. The lowest BCUT2D eigenvalue weighted by molar-refractivity contribution is -0.139. The number of nitrogens with one attached hydrogen (secondary N) is 2. The van der Waals surface area contributed by atoms with Gasteiger partial charge in [-0.05, 0) is 13.0 Å². The van der Waals surface area contributed by atoms with E-state index in [9.17, 15) is 4.79 Å². The Morgan fingerprint density at radius 2 is 2.29 bits per heavy atom. The first-order valence-electron chi connectivity index (χ1n) is 4.51. The fraction of sp³-hybridized carbons (Fsp3) is 0.556. The number of carbonyl (C=O) groups is 1. The first kappa shape index (κ1) is 10.7. The van der Waals surface area contributed by atoms with E-state index in [1.807, 2.05) is 13.8 Å². The number of likely N-dealkylation sites (N-methyl/N-ethyl adjacent to an activating group) is 1. The summed E-state index contributed by atoms with van der Waals surface area (Å²) in [5, 5.41) is 11.5. The number of hydrogen-bond acceptors (Lipinski definition) is 3. The lowest BCUT2D eigenvalue weighted by Crippen LogP contribution is -2.26. The fourth-order valence-electron chi connectivity index (χ4n) is 1.17. The molecular weight excluding hydrogens is 182 g/mol. The maximum atomic E-state index is 10.8. The quantitative estimate of drug-likeness (QED) is 0.669. The van der Waals surface area contributed by atoms with Gasteiger partial charge >= 0.3 is 5.97 Å². The van der Waals surface area contributed by atoms with Gasteiger partial charge in [-0.2, -0.15) is 0 Å². The van der Waals surface area contributed by atoms with Crippen molar-refractivity contribution in [1.29, 1.82) is 0 Å². The Bertz CT molecular complexity index is 320. The van der Waals surface area contributed by atoms with Crippen molar-refractivity contribution < 1.29 is 9.90 Å². The normalized spacial score (nSPS) is 13.1. The van der Waals surface area contributed by atoms with Gasteiger partial charge in [0.25, 0.3) is 0 Å². The molecule has 0 aromatic carbocycles. The van der Waals surface area contributed by atoms with Crippen molar-refractivity contribution in [3.63, 3.8) is 0 Å². The molecule has 1 unspecified atom stereocenters. The predicted molar refractivity (Wildman–Crippen MR) is 52.1 cm³/mol. The van der Waals surface area contributed by atoms with Gasteiger partial charge in [-0.3, -0.25) is 4.79 Å². The molecule has 0 radical (unpaired) electrons. The molecule has 78 valence electrons. The Hall–Kier alpha value is -1.36. The van der Waals surface area contributed by atoms with Gasteiger partial charge in [0.1, 0.15) is 5.82 Å². The van der Waals surface area contributed by atoms with E-state index in [0.29, 0.717) is 11.7 Å². The summed E-state index contributed by atoms with van der Waals surface area (Å²) in [6.07, 6.45) is 1.67. The topological polar surface area (TPSA) is 78.0 Å². The van der Waals surface area contributed by atoms with E-state index in [1.54, 1.807) is 13.2 Å². The van der Waals surface area contributed by atoms with Crippen LogP contribution in [0.15, 0.2) is 6.20 Å². The number of hydrogen-bond donors (Lipinski definition) is 3. The number of nitrogens with zero attached hydrogens (tertiary/aromatic N) is 1. The SMILES string of the molecule is CNC(C(=O)O)c1ncc(C(C)C)[nH]1. The molecule has 1 aromatic rings. The molecule has 5 heteroatoms. The van der Waals surface area contributed by atoms with Crippen LogP contribution in [0.2, 0.25) is 0 Å². The minimum absolute atomic E-state index is 0.322. The van der Waals surface area contributed by atoms with Gasteiger partial charge < -0.3 is 15.4 Å². The van der Waals surface area contributed by atoms with E-state index in [2.05, 4.69) is 15.3 Å². The molecule has 0 fully saturated rings. The second kappa shape index (κ2) is 4.23. The number of H-pyrrole nitrogens is 1. The minimum atomic E-state index is -0.933. The highest BCUT2D eigenvalue weighted by atomic mass is 16.4. The minimum Gasteiger partial charge on any atom is -0.480 e. The van der Waals surface area contributed by atoms with Gasteiger partial charge in [-0.15, -0.1) is 0 Å². The molecule has 0 aliphatic rings. The van der Waals surface area contributed by atoms with E-state index in [-0.39, 0.29) is 0 Å². The maximum absolute atomic E-state index is 10.8. The third kappa shape index (κ3) is 2.11. The molecule has 0 aliphatic heterocycles. The Morgan fingerprint density at radius 1 is 1.64 bits per heavy atom. The van der Waals surface area contributed by atoms with Gasteiger partial charge in [0.2, 0.25) is 0 Å².